The van der Waals surface area contributed by atoms with Crippen LogP contribution in [-0.2, 0) is 16.0 Å². The Labute approximate surface area is 140 Å². The van der Waals surface area contributed by atoms with Crippen molar-refractivity contribution in [2.75, 3.05) is 7.11 Å². The molecule has 1 N–H and O–H groups in total. The average Bonchev–Trinajstić information content (AvgIpc) is 2.56. The van der Waals surface area contributed by atoms with E-state index >= 15 is 0 Å². The SMILES string of the molecule is COc1cc(/C=N/NC(=O)Cc2ccccc2)ccc1OC(C)=O. The first-order valence-corrected chi connectivity index (χ1v) is 7.31. The molecule has 0 aliphatic heterocycles. The second kappa shape index (κ2) is 8.47. The minimum absolute atomic E-state index is 0.207. The van der Waals surface area contributed by atoms with Crippen molar-refractivity contribution in [1.82, 2.24) is 5.43 Å². The maximum atomic E-state index is 11.8. The van der Waals surface area contributed by atoms with Crippen LogP contribution in [0.25, 0.3) is 0 Å². The molecule has 0 aliphatic rings. The predicted molar refractivity (Wildman–Crippen MR) is 90.2 cm³/mol. The van der Waals surface area contributed by atoms with E-state index < -0.39 is 5.97 Å². The van der Waals surface area contributed by atoms with E-state index in [1.165, 1.54) is 20.2 Å². The predicted octanol–water partition coefficient (Wildman–Crippen LogP) is 2.31. The van der Waals surface area contributed by atoms with Crippen LogP contribution in [0.2, 0.25) is 0 Å². The number of rotatable bonds is 6. The molecule has 0 spiro atoms. The molecule has 0 aliphatic carbocycles. The quantitative estimate of drug-likeness (QED) is 0.382. The van der Waals surface area contributed by atoms with Crippen LogP contribution in [-0.4, -0.2) is 25.2 Å². The van der Waals surface area contributed by atoms with Crippen LogP contribution in [0.5, 0.6) is 11.5 Å². The summed E-state index contributed by atoms with van der Waals surface area (Å²) < 4.78 is 10.2. The Balaban J connectivity index is 1.96. The molecule has 0 unspecified atom stereocenters. The van der Waals surface area contributed by atoms with Gasteiger partial charge >= 0.3 is 5.97 Å². The first kappa shape index (κ1) is 17.2. The number of hydrogen-bond acceptors (Lipinski definition) is 5. The van der Waals surface area contributed by atoms with Gasteiger partial charge < -0.3 is 9.47 Å². The van der Waals surface area contributed by atoms with E-state index in [1.54, 1.807) is 18.2 Å². The highest BCUT2D eigenvalue weighted by Crippen LogP contribution is 2.27. The Hall–Kier alpha value is -3.15. The summed E-state index contributed by atoms with van der Waals surface area (Å²) >= 11 is 0. The number of carbonyl (C=O) groups is 2. The zero-order valence-electron chi connectivity index (χ0n) is 13.5. The van der Waals surface area contributed by atoms with Crippen molar-refractivity contribution in [3.8, 4) is 11.5 Å². The third-order valence-corrected chi connectivity index (χ3v) is 3.05. The molecule has 0 heterocycles. The maximum Gasteiger partial charge on any atom is 0.308 e. The number of methoxy groups -OCH3 is 1. The molecule has 0 saturated heterocycles. The molecule has 124 valence electrons. The Kier molecular flexibility index (Phi) is 6.08. The van der Waals surface area contributed by atoms with Crippen LogP contribution in [0.15, 0.2) is 53.6 Å². The first-order chi connectivity index (χ1) is 11.6. The number of amides is 1. The van der Waals surface area contributed by atoms with Crippen molar-refractivity contribution < 1.29 is 19.1 Å². The van der Waals surface area contributed by atoms with Gasteiger partial charge in [-0.25, -0.2) is 5.43 Å². The molecule has 2 rings (SSSR count). The van der Waals surface area contributed by atoms with E-state index in [0.717, 1.165) is 5.56 Å². The van der Waals surface area contributed by atoms with Gasteiger partial charge in [-0.2, -0.15) is 5.10 Å². The van der Waals surface area contributed by atoms with Gasteiger partial charge in [0, 0.05) is 6.92 Å². The molecule has 2 aromatic carbocycles. The summed E-state index contributed by atoms with van der Waals surface area (Å²) in [6.07, 6.45) is 1.75. The minimum Gasteiger partial charge on any atom is -0.493 e. The van der Waals surface area contributed by atoms with Crippen LogP contribution in [0, 0.1) is 0 Å². The van der Waals surface area contributed by atoms with Gasteiger partial charge in [0.05, 0.1) is 19.7 Å². The second-order valence-electron chi connectivity index (χ2n) is 4.96. The summed E-state index contributed by atoms with van der Waals surface area (Å²) in [5, 5.41) is 3.92. The molecule has 24 heavy (non-hydrogen) atoms. The largest absolute Gasteiger partial charge is 0.493 e. The molecular weight excluding hydrogens is 308 g/mol. The number of nitrogens with zero attached hydrogens (tertiary/aromatic N) is 1. The number of hydrazone groups is 1. The number of carbonyl (C=O) groups excluding carboxylic acids is 2. The summed E-state index contributed by atoms with van der Waals surface area (Å²) in [7, 11) is 1.48. The van der Waals surface area contributed by atoms with Gasteiger partial charge in [-0.3, -0.25) is 9.59 Å². The average molecular weight is 326 g/mol. The number of hydrogen-bond donors (Lipinski definition) is 1. The number of nitrogens with one attached hydrogen (secondary N) is 1. The van der Waals surface area contributed by atoms with Crippen LogP contribution >= 0.6 is 0 Å². The molecule has 0 aromatic heterocycles. The summed E-state index contributed by atoms with van der Waals surface area (Å²) in [4.78, 5) is 22.8. The highest BCUT2D eigenvalue weighted by atomic mass is 16.6. The van der Waals surface area contributed by atoms with E-state index in [1.807, 2.05) is 30.3 Å². The maximum absolute atomic E-state index is 11.8. The topological polar surface area (TPSA) is 77.0 Å². The monoisotopic (exact) mass is 326 g/mol. The molecule has 0 fully saturated rings. The lowest BCUT2D eigenvalue weighted by molar-refractivity contribution is -0.132. The van der Waals surface area contributed by atoms with Crippen molar-refractivity contribution in [3.05, 3.63) is 59.7 Å². The summed E-state index contributed by atoms with van der Waals surface area (Å²) in [6.45, 7) is 1.32. The minimum atomic E-state index is -0.428. The molecule has 0 bridgehead atoms. The van der Waals surface area contributed by atoms with Crippen LogP contribution in [0.4, 0.5) is 0 Å². The lowest BCUT2D eigenvalue weighted by atomic mass is 10.1. The van der Waals surface area contributed by atoms with Gasteiger partial charge in [0.25, 0.3) is 0 Å². The Morgan fingerprint density at radius 2 is 1.88 bits per heavy atom. The van der Waals surface area contributed by atoms with Crippen molar-refractivity contribution in [2.45, 2.75) is 13.3 Å². The van der Waals surface area contributed by atoms with E-state index in [2.05, 4.69) is 10.5 Å². The van der Waals surface area contributed by atoms with Gasteiger partial charge in [0.1, 0.15) is 0 Å². The fourth-order valence-corrected chi connectivity index (χ4v) is 2.00. The highest BCUT2D eigenvalue weighted by molar-refractivity contribution is 5.84. The van der Waals surface area contributed by atoms with E-state index in [0.29, 0.717) is 17.1 Å². The zero-order chi connectivity index (χ0) is 17.4. The molecule has 6 heteroatoms. The Morgan fingerprint density at radius 3 is 2.54 bits per heavy atom. The normalized spacial score (nSPS) is 10.4. The molecule has 1 amide bonds. The second-order valence-corrected chi connectivity index (χ2v) is 4.96. The van der Waals surface area contributed by atoms with Crippen LogP contribution in [0.1, 0.15) is 18.1 Å². The standard InChI is InChI=1S/C18H18N2O4/c1-13(21)24-16-9-8-15(10-17(16)23-2)12-19-20-18(22)11-14-6-4-3-5-7-14/h3-10,12H,11H2,1-2H3,(H,20,22)/b19-12+. The fraction of sp³-hybridized carbons (Fsp3) is 0.167. The number of benzene rings is 2. The fourth-order valence-electron chi connectivity index (χ4n) is 2.00. The van der Waals surface area contributed by atoms with E-state index in [-0.39, 0.29) is 12.3 Å². The first-order valence-electron chi connectivity index (χ1n) is 7.31. The van der Waals surface area contributed by atoms with Gasteiger partial charge in [0.2, 0.25) is 5.91 Å². The van der Waals surface area contributed by atoms with Gasteiger partial charge in [-0.1, -0.05) is 30.3 Å². The highest BCUT2D eigenvalue weighted by Gasteiger charge is 2.07. The smallest absolute Gasteiger partial charge is 0.308 e. The molecule has 0 radical (unpaired) electrons. The molecule has 0 saturated carbocycles. The zero-order valence-corrected chi connectivity index (χ0v) is 13.5. The van der Waals surface area contributed by atoms with E-state index in [4.69, 9.17) is 9.47 Å². The summed E-state index contributed by atoms with van der Waals surface area (Å²) in [5.41, 5.74) is 4.08. The van der Waals surface area contributed by atoms with Crippen molar-refractivity contribution in [3.63, 3.8) is 0 Å². The van der Waals surface area contributed by atoms with Gasteiger partial charge in [0.15, 0.2) is 11.5 Å². The molecular formula is C18H18N2O4. The van der Waals surface area contributed by atoms with Crippen LogP contribution < -0.4 is 14.9 Å². The summed E-state index contributed by atoms with van der Waals surface area (Å²) in [6, 6.07) is 14.4. The van der Waals surface area contributed by atoms with Crippen molar-refractivity contribution >= 4 is 18.1 Å². The third-order valence-electron chi connectivity index (χ3n) is 3.05. The Bertz CT molecular complexity index is 742. The molecule has 2 aromatic rings. The Morgan fingerprint density at radius 1 is 1.12 bits per heavy atom. The van der Waals surface area contributed by atoms with Crippen molar-refractivity contribution in [1.29, 1.82) is 0 Å². The van der Waals surface area contributed by atoms with Gasteiger partial charge in [-0.05, 0) is 29.3 Å². The van der Waals surface area contributed by atoms with Crippen molar-refractivity contribution in [2.24, 2.45) is 5.10 Å². The number of esters is 1. The van der Waals surface area contributed by atoms with Gasteiger partial charge in [-0.15, -0.1) is 0 Å². The lowest BCUT2D eigenvalue weighted by Gasteiger charge is -2.08. The lowest BCUT2D eigenvalue weighted by Crippen LogP contribution is -2.19. The molecule has 0 atom stereocenters. The molecule has 6 nitrogen and oxygen atoms in total. The third kappa shape index (κ3) is 5.24. The van der Waals surface area contributed by atoms with Crippen LogP contribution in [0.3, 0.4) is 0 Å². The van der Waals surface area contributed by atoms with E-state index in [9.17, 15) is 9.59 Å². The summed E-state index contributed by atoms with van der Waals surface area (Å²) in [5.74, 6) is 0.101. The number of ether oxygens (including phenoxy) is 2.